The van der Waals surface area contributed by atoms with E-state index in [1.807, 2.05) is 0 Å². The van der Waals surface area contributed by atoms with Gasteiger partial charge in [0.2, 0.25) is 0 Å². The summed E-state index contributed by atoms with van der Waals surface area (Å²) in [6, 6.07) is 18.7. The number of benzene rings is 4. The number of aromatic amines is 2. The minimum atomic E-state index is -4.88. The Morgan fingerprint density at radius 1 is 0.316 bits per heavy atom. The molecule has 7 aromatic rings. The van der Waals surface area contributed by atoms with Crippen LogP contribution in [0.2, 0.25) is 0 Å². The third-order valence-corrected chi connectivity index (χ3v) is 16.9. The first kappa shape index (κ1) is 63.9. The molecule has 0 unspecified atom stereocenters. The molecule has 0 fully saturated rings. The zero-order valence-corrected chi connectivity index (χ0v) is 54.9. The molecule has 16 nitrogen and oxygen atoms in total. The largest absolute Gasteiger partial charge is 1.00 e. The van der Waals surface area contributed by atoms with E-state index in [0.29, 0.717) is 112 Å². The van der Waals surface area contributed by atoms with Crippen LogP contribution in [0.25, 0.3) is 90.9 Å². The van der Waals surface area contributed by atoms with Gasteiger partial charge in [-0.05, 0) is 219 Å². The van der Waals surface area contributed by atoms with Gasteiger partial charge in [0.15, 0.2) is 0 Å². The first-order valence-corrected chi connectivity index (χ1v) is 27.6. The maximum absolute atomic E-state index is 12.4. The van der Waals surface area contributed by atoms with Gasteiger partial charge in [0, 0.05) is 44.3 Å². The normalized spacial score (nSPS) is 12.4. The Balaban J connectivity index is 0.00000267. The average molecular weight is 1140 g/mol. The number of fused-ring (bicyclic) bond motifs is 8. The Labute approximate surface area is 529 Å². The van der Waals surface area contributed by atoms with Gasteiger partial charge in [0.25, 0.3) is 0 Å². The van der Waals surface area contributed by atoms with Crippen LogP contribution in [0.1, 0.15) is 67.3 Å². The molecule has 0 spiro atoms. The van der Waals surface area contributed by atoms with Gasteiger partial charge in [-0.2, -0.15) is 0 Å². The van der Waals surface area contributed by atoms with Crippen LogP contribution in [0.3, 0.4) is 0 Å². The number of hydrogen-bond donors (Lipinski definition) is 2. The molecule has 0 saturated carbocycles. The standard InChI is InChI=1S/C52H46N4O12S4.4Na/c1-25-21-45(69(57,58)59)29(5)17-33(25)49-37-9-11-39(53-37)50(34-18-30(6)46(22-26(34)2)70(60,61)62)41-13-15-43(55-41)52(36-20-32(8)48(24-28(36)4)72(66,67)68)44-16-14-42(56-44)51(40-12-10-38(49)54-40)35-19-31(7)47(23-27(35)3)71(63,64)65;;;;/h9-24,53,56H,1-8H3,(H,57,58,59)(H,60,61,62)(H,63,64,65)(H,66,67,68);;;;/q;4*+1/p-4. The Morgan fingerprint density at radius 2 is 0.500 bits per heavy atom. The van der Waals surface area contributed by atoms with Crippen molar-refractivity contribution in [1.82, 2.24) is 19.9 Å². The Kier molecular flexibility index (Phi) is 19.6. The van der Waals surface area contributed by atoms with Crippen LogP contribution in [0.5, 0.6) is 0 Å². The smallest absolute Gasteiger partial charge is 0.744 e. The van der Waals surface area contributed by atoms with E-state index < -0.39 is 60.1 Å². The van der Waals surface area contributed by atoms with Crippen LogP contribution in [0.15, 0.2) is 92.4 Å². The van der Waals surface area contributed by atoms with Crippen molar-refractivity contribution in [1.29, 1.82) is 0 Å². The number of hydrogen-bond acceptors (Lipinski definition) is 14. The van der Waals surface area contributed by atoms with Crippen LogP contribution in [-0.2, 0) is 40.5 Å². The van der Waals surface area contributed by atoms with Gasteiger partial charge in [-0.1, -0.05) is 0 Å². The van der Waals surface area contributed by atoms with E-state index in [1.54, 1.807) is 101 Å². The van der Waals surface area contributed by atoms with Crippen molar-refractivity contribution in [2.45, 2.75) is 75.0 Å². The summed E-state index contributed by atoms with van der Waals surface area (Å²) in [4.78, 5) is 15.9. The molecule has 0 amide bonds. The summed E-state index contributed by atoms with van der Waals surface area (Å²) in [6.45, 7) is 12.7. The molecular weight excluding hydrogens is 1090 g/mol. The van der Waals surface area contributed by atoms with Crippen molar-refractivity contribution in [2.75, 3.05) is 0 Å². The minimum Gasteiger partial charge on any atom is -0.744 e. The summed E-state index contributed by atoms with van der Waals surface area (Å²) >= 11 is 0. The molecule has 0 saturated heterocycles. The van der Waals surface area contributed by atoms with E-state index in [9.17, 15) is 51.9 Å². The SMILES string of the molecule is Cc1cc(S(=O)(=O)[O-])c(C)cc1-c1c2nc(c(-c3cc(C)c(S(=O)(=O)[O-])cc3C)c3ccc([nH]3)c(-c3cc(C)c(S(=O)(=O)[O-])cc3C)c3nc(c(-c4cc(C)c(S(=O)(=O)[O-])cc4C)c4ccc1[nH]4)C=C3)C=C2.[Na+].[Na+].[Na+].[Na+]. The molecule has 2 N–H and O–H groups in total. The van der Waals surface area contributed by atoms with Gasteiger partial charge in [-0.25, -0.2) is 43.6 Å². The maximum Gasteiger partial charge on any atom is 1.00 e. The van der Waals surface area contributed by atoms with E-state index in [1.165, 1.54) is 52.0 Å². The predicted molar refractivity (Wildman–Crippen MR) is 270 cm³/mol. The van der Waals surface area contributed by atoms with Crippen LogP contribution in [0.4, 0.5) is 0 Å². The van der Waals surface area contributed by atoms with Crippen LogP contribution in [0, 0.1) is 55.4 Å². The molecule has 8 bridgehead atoms. The van der Waals surface area contributed by atoms with Crippen molar-refractivity contribution in [3.8, 4) is 44.5 Å². The Hall–Kier alpha value is -2.88. The van der Waals surface area contributed by atoms with Crippen LogP contribution < -0.4 is 118 Å². The average Bonchev–Trinajstić information content (AvgIpc) is 4.11. The van der Waals surface area contributed by atoms with Gasteiger partial charge in [0.1, 0.15) is 40.5 Å². The van der Waals surface area contributed by atoms with Gasteiger partial charge < -0.3 is 28.2 Å². The molecular formula is C52H42N4Na4O12S4. The van der Waals surface area contributed by atoms with Crippen molar-refractivity contribution in [3.63, 3.8) is 0 Å². The minimum absolute atomic E-state index is 0. The molecule has 2 aliphatic rings. The Bertz CT molecular complexity index is 3780. The summed E-state index contributed by atoms with van der Waals surface area (Å²) in [5.41, 5.74) is 9.68. The molecule has 2 aliphatic heterocycles. The molecule has 24 heteroatoms. The number of aromatic nitrogens is 4. The molecule has 9 rings (SSSR count). The third-order valence-electron chi connectivity index (χ3n) is 13.0. The fourth-order valence-corrected chi connectivity index (χ4v) is 12.7. The number of H-pyrrole nitrogens is 2. The van der Waals surface area contributed by atoms with Gasteiger partial charge in [-0.15, -0.1) is 0 Å². The summed E-state index contributed by atoms with van der Waals surface area (Å²) < 4.78 is 149. The first-order valence-electron chi connectivity index (χ1n) is 22.0. The Morgan fingerprint density at radius 3 is 0.671 bits per heavy atom. The van der Waals surface area contributed by atoms with E-state index >= 15 is 0 Å². The summed E-state index contributed by atoms with van der Waals surface area (Å²) in [7, 11) is -19.5. The molecule has 76 heavy (non-hydrogen) atoms. The second kappa shape index (κ2) is 23.3. The molecule has 0 aliphatic carbocycles. The molecule has 3 aromatic heterocycles. The quantitative estimate of drug-likeness (QED) is 0.117. The predicted octanol–water partition coefficient (Wildman–Crippen LogP) is -2.58. The van der Waals surface area contributed by atoms with Crippen LogP contribution >= 0.6 is 0 Å². The van der Waals surface area contributed by atoms with E-state index in [4.69, 9.17) is 9.97 Å². The topological polar surface area (TPSA) is 286 Å². The van der Waals surface area contributed by atoms with Gasteiger partial charge in [-0.3, -0.25) is 0 Å². The summed E-state index contributed by atoms with van der Waals surface area (Å²) in [5, 5.41) is 0. The van der Waals surface area contributed by atoms with Crippen molar-refractivity contribution in [2.24, 2.45) is 0 Å². The number of nitrogens with one attached hydrogen (secondary N) is 2. The van der Waals surface area contributed by atoms with Crippen molar-refractivity contribution < 1.29 is 170 Å². The zero-order valence-electron chi connectivity index (χ0n) is 43.7. The molecule has 0 radical (unpaired) electrons. The summed E-state index contributed by atoms with van der Waals surface area (Å²) in [5.74, 6) is 0. The molecule has 0 atom stereocenters. The maximum atomic E-state index is 12.4. The fraction of sp³-hybridized carbons (Fsp3) is 0.154. The first-order chi connectivity index (χ1) is 33.5. The number of rotatable bonds is 8. The van der Waals surface area contributed by atoms with Gasteiger partial charge in [0.05, 0.1) is 42.4 Å². The second-order valence-corrected chi connectivity index (χ2v) is 23.4. The molecule has 4 aromatic carbocycles. The van der Waals surface area contributed by atoms with Crippen molar-refractivity contribution >= 4 is 86.8 Å². The molecule has 5 heterocycles. The second-order valence-electron chi connectivity index (χ2n) is 18.0. The van der Waals surface area contributed by atoms with Gasteiger partial charge >= 0.3 is 118 Å². The van der Waals surface area contributed by atoms with E-state index in [2.05, 4.69) is 9.97 Å². The summed E-state index contributed by atoms with van der Waals surface area (Å²) in [6.07, 6.45) is 7.00. The zero-order chi connectivity index (χ0) is 52.3. The molecule has 370 valence electrons. The van der Waals surface area contributed by atoms with Crippen LogP contribution in [-0.4, -0.2) is 71.8 Å². The fourth-order valence-electron chi connectivity index (χ4n) is 9.65. The third kappa shape index (κ3) is 12.2. The number of nitrogens with zero attached hydrogens (tertiary/aromatic N) is 2. The van der Waals surface area contributed by atoms with Crippen molar-refractivity contribution in [3.05, 3.63) is 140 Å². The van der Waals surface area contributed by atoms with E-state index in [-0.39, 0.29) is 140 Å². The number of aryl methyl sites for hydroxylation is 8. The van der Waals surface area contributed by atoms with E-state index in [0.717, 1.165) is 0 Å². The monoisotopic (exact) mass is 1130 g/mol.